The maximum absolute atomic E-state index is 12.3. The quantitative estimate of drug-likeness (QED) is 0.680. The van der Waals surface area contributed by atoms with Crippen molar-refractivity contribution in [1.29, 1.82) is 0 Å². The van der Waals surface area contributed by atoms with Gasteiger partial charge in [-0.1, -0.05) is 0 Å². The molecular formula is C22H20N4O. The summed E-state index contributed by atoms with van der Waals surface area (Å²) in [4.78, 5) is 29.7. The third kappa shape index (κ3) is 3.97. The zero-order valence-corrected chi connectivity index (χ0v) is 15.2. The number of aromatic nitrogens is 3. The van der Waals surface area contributed by atoms with Gasteiger partial charge in [0.05, 0.1) is 12.3 Å². The van der Waals surface area contributed by atoms with Gasteiger partial charge in [-0.3, -0.25) is 24.7 Å². The Morgan fingerprint density at radius 3 is 2.74 bits per heavy atom. The van der Waals surface area contributed by atoms with E-state index in [-0.39, 0.29) is 5.78 Å². The number of hydrogen-bond acceptors (Lipinski definition) is 5. The zero-order valence-electron chi connectivity index (χ0n) is 15.2. The highest BCUT2D eigenvalue weighted by atomic mass is 16.1. The summed E-state index contributed by atoms with van der Waals surface area (Å²) in [6.07, 6.45) is 8.77. The molecule has 0 atom stereocenters. The van der Waals surface area contributed by atoms with E-state index in [1.54, 1.807) is 18.6 Å². The third-order valence-electron chi connectivity index (χ3n) is 4.70. The molecule has 0 fully saturated rings. The molecule has 4 heterocycles. The molecule has 0 aromatic carbocycles. The minimum absolute atomic E-state index is 0.197. The minimum Gasteiger partial charge on any atom is -0.299 e. The van der Waals surface area contributed by atoms with Gasteiger partial charge in [-0.25, -0.2) is 0 Å². The minimum atomic E-state index is 0.197. The van der Waals surface area contributed by atoms with Crippen LogP contribution in [0.2, 0.25) is 0 Å². The number of aliphatic imine (C=N–C) groups is 1. The maximum atomic E-state index is 12.3. The Morgan fingerprint density at radius 2 is 1.93 bits per heavy atom. The van der Waals surface area contributed by atoms with Gasteiger partial charge >= 0.3 is 0 Å². The second-order valence-electron chi connectivity index (χ2n) is 6.75. The Kier molecular flexibility index (Phi) is 4.83. The van der Waals surface area contributed by atoms with Crippen LogP contribution in [0.15, 0.2) is 60.1 Å². The molecule has 0 amide bonds. The number of hydrogen-bond donors (Lipinski definition) is 0. The second-order valence-corrected chi connectivity index (χ2v) is 6.75. The molecule has 27 heavy (non-hydrogen) atoms. The molecular weight excluding hydrogens is 336 g/mol. The predicted molar refractivity (Wildman–Crippen MR) is 104 cm³/mol. The van der Waals surface area contributed by atoms with Crippen LogP contribution in [0.4, 0.5) is 0 Å². The molecule has 1 aliphatic rings. The molecule has 0 saturated heterocycles. The summed E-state index contributed by atoms with van der Waals surface area (Å²) >= 11 is 0. The van der Waals surface area contributed by atoms with Crippen LogP contribution in [0, 0.1) is 6.92 Å². The summed E-state index contributed by atoms with van der Waals surface area (Å²) in [6, 6.07) is 9.91. The van der Waals surface area contributed by atoms with Crippen molar-refractivity contribution >= 4 is 11.5 Å². The molecule has 0 N–H and O–H groups in total. The van der Waals surface area contributed by atoms with Crippen LogP contribution >= 0.6 is 0 Å². The van der Waals surface area contributed by atoms with E-state index in [0.717, 1.165) is 45.8 Å². The smallest absolute Gasteiger partial charge is 0.139 e. The lowest BCUT2D eigenvalue weighted by Gasteiger charge is -2.07. The van der Waals surface area contributed by atoms with Crippen molar-refractivity contribution in [3.8, 4) is 0 Å². The summed E-state index contributed by atoms with van der Waals surface area (Å²) in [5.41, 5.74) is 7.11. The number of rotatable bonds is 6. The Hall–Kier alpha value is -3.21. The summed E-state index contributed by atoms with van der Waals surface area (Å²) < 4.78 is 0. The molecule has 0 aliphatic carbocycles. The van der Waals surface area contributed by atoms with Crippen LogP contribution < -0.4 is 0 Å². The van der Waals surface area contributed by atoms with Crippen molar-refractivity contribution in [2.75, 3.05) is 0 Å². The molecule has 1 aliphatic heterocycles. The maximum Gasteiger partial charge on any atom is 0.139 e. The molecule has 3 aromatic rings. The Balaban J connectivity index is 1.43. The highest BCUT2D eigenvalue weighted by Gasteiger charge is 2.19. The number of nitrogens with zero attached hydrogens (tertiary/aromatic N) is 4. The van der Waals surface area contributed by atoms with Crippen molar-refractivity contribution < 1.29 is 4.79 Å². The fourth-order valence-corrected chi connectivity index (χ4v) is 3.30. The summed E-state index contributed by atoms with van der Waals surface area (Å²) in [5.74, 6) is 0.197. The fourth-order valence-electron chi connectivity index (χ4n) is 3.30. The van der Waals surface area contributed by atoms with Gasteiger partial charge in [0.2, 0.25) is 0 Å². The van der Waals surface area contributed by atoms with E-state index < -0.39 is 0 Å². The molecule has 5 heteroatoms. The van der Waals surface area contributed by atoms with Crippen LogP contribution in [0.1, 0.15) is 40.1 Å². The first-order chi connectivity index (χ1) is 13.2. The summed E-state index contributed by atoms with van der Waals surface area (Å²) in [6.45, 7) is 2.60. The monoisotopic (exact) mass is 356 g/mol. The SMILES string of the molecule is Cc1cc(C2=NCc3cc(CC(=O)CCc4ccncc4)ncc32)ccn1. The highest BCUT2D eigenvalue weighted by molar-refractivity contribution is 6.15. The predicted octanol–water partition coefficient (Wildman–Crippen LogP) is 3.28. The third-order valence-corrected chi connectivity index (χ3v) is 4.70. The van der Waals surface area contributed by atoms with Crippen LogP contribution in [0.25, 0.3) is 0 Å². The largest absolute Gasteiger partial charge is 0.299 e. The normalized spacial score (nSPS) is 12.6. The number of fused-ring (bicyclic) bond motifs is 1. The topological polar surface area (TPSA) is 68.1 Å². The first kappa shape index (κ1) is 17.2. The molecule has 5 nitrogen and oxygen atoms in total. The van der Waals surface area contributed by atoms with Crippen molar-refractivity contribution in [3.05, 3.63) is 88.8 Å². The van der Waals surface area contributed by atoms with Crippen LogP contribution in [-0.4, -0.2) is 26.4 Å². The summed E-state index contributed by atoms with van der Waals surface area (Å²) in [5, 5.41) is 0. The van der Waals surface area contributed by atoms with Crippen molar-refractivity contribution in [2.45, 2.75) is 32.7 Å². The number of ketones is 1. The van der Waals surface area contributed by atoms with Crippen molar-refractivity contribution in [1.82, 2.24) is 15.0 Å². The lowest BCUT2D eigenvalue weighted by Crippen LogP contribution is -2.08. The van der Waals surface area contributed by atoms with Gasteiger partial charge in [0.1, 0.15) is 5.78 Å². The summed E-state index contributed by atoms with van der Waals surface area (Å²) in [7, 11) is 0. The molecule has 0 radical (unpaired) electrons. The van der Waals surface area contributed by atoms with Crippen LogP contribution in [0.5, 0.6) is 0 Å². The lowest BCUT2D eigenvalue weighted by molar-refractivity contribution is -0.118. The highest BCUT2D eigenvalue weighted by Crippen LogP contribution is 2.23. The van der Waals surface area contributed by atoms with Gasteiger partial charge in [-0.05, 0) is 54.8 Å². The standard InChI is InChI=1S/C22H20N4O/c1-15-10-17(6-9-24-15)22-21-14-25-19(11-18(21)13-26-22)12-20(27)3-2-16-4-7-23-8-5-16/h4-11,14H,2-3,12-13H2,1H3. The van der Waals surface area contributed by atoms with E-state index in [4.69, 9.17) is 0 Å². The van der Waals surface area contributed by atoms with E-state index >= 15 is 0 Å². The molecule has 0 bridgehead atoms. The number of carbonyl (C=O) groups is 1. The Bertz CT molecular complexity index is 1010. The van der Waals surface area contributed by atoms with Crippen LogP contribution in [-0.2, 0) is 24.2 Å². The van der Waals surface area contributed by atoms with E-state index in [2.05, 4.69) is 19.9 Å². The van der Waals surface area contributed by atoms with E-state index in [1.165, 1.54) is 0 Å². The number of aryl methyl sites for hydroxylation is 2. The average molecular weight is 356 g/mol. The van der Waals surface area contributed by atoms with Crippen LogP contribution in [0.3, 0.4) is 0 Å². The average Bonchev–Trinajstić information content (AvgIpc) is 3.10. The Labute approximate surface area is 158 Å². The fraction of sp³-hybridized carbons (Fsp3) is 0.227. The van der Waals surface area contributed by atoms with Gasteiger partial charge < -0.3 is 0 Å². The number of Topliss-reactive ketones (excluding diaryl/α,β-unsaturated/α-hetero) is 1. The van der Waals surface area contributed by atoms with Crippen molar-refractivity contribution in [2.24, 2.45) is 4.99 Å². The van der Waals surface area contributed by atoms with Gasteiger partial charge in [-0.15, -0.1) is 0 Å². The second kappa shape index (κ2) is 7.58. The van der Waals surface area contributed by atoms with Gasteiger partial charge in [0.15, 0.2) is 0 Å². The molecule has 3 aromatic heterocycles. The van der Waals surface area contributed by atoms with Gasteiger partial charge in [0.25, 0.3) is 0 Å². The molecule has 0 saturated carbocycles. The lowest BCUT2D eigenvalue weighted by atomic mass is 10.0. The van der Waals surface area contributed by atoms with Crippen molar-refractivity contribution in [3.63, 3.8) is 0 Å². The molecule has 134 valence electrons. The molecule has 0 unspecified atom stereocenters. The van der Waals surface area contributed by atoms with E-state index in [0.29, 0.717) is 19.4 Å². The first-order valence-corrected chi connectivity index (χ1v) is 9.05. The van der Waals surface area contributed by atoms with E-state index in [9.17, 15) is 4.79 Å². The number of carbonyl (C=O) groups excluding carboxylic acids is 1. The Morgan fingerprint density at radius 1 is 1.07 bits per heavy atom. The molecule has 0 spiro atoms. The van der Waals surface area contributed by atoms with Gasteiger partial charge in [0, 0.05) is 60.1 Å². The molecule has 4 rings (SSSR count). The van der Waals surface area contributed by atoms with E-state index in [1.807, 2.05) is 43.5 Å². The first-order valence-electron chi connectivity index (χ1n) is 9.05. The zero-order chi connectivity index (χ0) is 18.6. The van der Waals surface area contributed by atoms with Gasteiger partial charge in [-0.2, -0.15) is 0 Å². The number of pyridine rings is 3.